The molecule has 2 aromatic rings. The van der Waals surface area contributed by atoms with Gasteiger partial charge in [0.2, 0.25) is 11.8 Å². The molecule has 0 saturated carbocycles. The zero-order valence-electron chi connectivity index (χ0n) is 12.5. The van der Waals surface area contributed by atoms with Crippen molar-refractivity contribution in [3.63, 3.8) is 0 Å². The van der Waals surface area contributed by atoms with Crippen LogP contribution in [0.15, 0.2) is 57.9 Å². The summed E-state index contributed by atoms with van der Waals surface area (Å²) in [7, 11) is 0. The molecular formula is C17H15BrN2O2S. The number of thioether (sulfide) groups is 1. The number of amides is 2. The van der Waals surface area contributed by atoms with E-state index >= 15 is 0 Å². The molecule has 23 heavy (non-hydrogen) atoms. The number of nitrogens with one attached hydrogen (secondary N) is 1. The molecule has 3 rings (SSSR count). The maximum absolute atomic E-state index is 12.8. The summed E-state index contributed by atoms with van der Waals surface area (Å²) in [6.07, 6.45) is 0. The highest BCUT2D eigenvalue weighted by Gasteiger charge is 2.30. The Hall–Kier alpha value is -1.79. The fourth-order valence-electron chi connectivity index (χ4n) is 2.43. The molecule has 118 valence electrons. The highest BCUT2D eigenvalue weighted by molar-refractivity contribution is 9.10. The Morgan fingerprint density at radius 2 is 1.91 bits per heavy atom. The minimum absolute atomic E-state index is 0.0523. The van der Waals surface area contributed by atoms with Gasteiger partial charge in [0.25, 0.3) is 0 Å². The van der Waals surface area contributed by atoms with E-state index in [1.54, 1.807) is 11.0 Å². The van der Waals surface area contributed by atoms with Gasteiger partial charge in [-0.2, -0.15) is 0 Å². The maximum atomic E-state index is 12.8. The van der Waals surface area contributed by atoms with Crippen LogP contribution in [-0.2, 0) is 9.59 Å². The van der Waals surface area contributed by atoms with E-state index in [4.69, 9.17) is 0 Å². The van der Waals surface area contributed by atoms with Crippen LogP contribution in [0.5, 0.6) is 0 Å². The van der Waals surface area contributed by atoms with Crippen molar-refractivity contribution < 1.29 is 9.59 Å². The third kappa shape index (κ3) is 3.43. The van der Waals surface area contributed by atoms with E-state index in [-0.39, 0.29) is 23.6 Å². The van der Waals surface area contributed by atoms with Gasteiger partial charge in [0, 0.05) is 9.37 Å². The highest BCUT2D eigenvalue weighted by Crippen LogP contribution is 2.34. The molecule has 2 amide bonds. The molecular weight excluding hydrogens is 376 g/mol. The molecule has 1 N–H and O–H groups in total. The minimum atomic E-state index is -0.298. The number of para-hydroxylation sites is 2. The Labute approximate surface area is 147 Å². The third-order valence-electron chi connectivity index (χ3n) is 3.52. The monoisotopic (exact) mass is 390 g/mol. The first-order valence-electron chi connectivity index (χ1n) is 7.17. The van der Waals surface area contributed by atoms with Crippen LogP contribution in [0.1, 0.15) is 6.92 Å². The Kier molecular flexibility index (Phi) is 4.73. The number of hydrogen-bond donors (Lipinski definition) is 1. The van der Waals surface area contributed by atoms with E-state index in [2.05, 4.69) is 21.2 Å². The summed E-state index contributed by atoms with van der Waals surface area (Å²) in [5.74, 6) is -0.247. The van der Waals surface area contributed by atoms with Crippen LogP contribution in [-0.4, -0.2) is 23.6 Å². The summed E-state index contributed by atoms with van der Waals surface area (Å²) in [5, 5.41) is 2.50. The molecule has 0 aliphatic carbocycles. The van der Waals surface area contributed by atoms with Crippen LogP contribution in [0.4, 0.5) is 11.4 Å². The van der Waals surface area contributed by atoms with E-state index in [1.165, 1.54) is 11.8 Å². The average molecular weight is 391 g/mol. The lowest BCUT2D eigenvalue weighted by molar-refractivity contribution is -0.121. The lowest BCUT2D eigenvalue weighted by atomic mass is 10.2. The molecule has 4 nitrogen and oxygen atoms in total. The number of halogens is 1. The number of fused-ring (bicyclic) bond motifs is 1. The van der Waals surface area contributed by atoms with Gasteiger partial charge in [-0.05, 0) is 47.1 Å². The van der Waals surface area contributed by atoms with Crippen LogP contribution >= 0.6 is 27.7 Å². The second kappa shape index (κ2) is 6.76. The zero-order valence-corrected chi connectivity index (χ0v) is 14.9. The smallest absolute Gasteiger partial charge is 0.244 e. The molecule has 1 aliphatic rings. The Morgan fingerprint density at radius 3 is 2.70 bits per heavy atom. The maximum Gasteiger partial charge on any atom is 0.244 e. The minimum Gasteiger partial charge on any atom is -0.323 e. The second-order valence-corrected chi connectivity index (χ2v) is 7.42. The summed E-state index contributed by atoms with van der Waals surface area (Å²) in [4.78, 5) is 27.2. The quantitative estimate of drug-likeness (QED) is 0.808. The van der Waals surface area contributed by atoms with Crippen LogP contribution in [0, 0.1) is 0 Å². The highest BCUT2D eigenvalue weighted by atomic mass is 79.9. The van der Waals surface area contributed by atoms with Gasteiger partial charge in [0.15, 0.2) is 0 Å². The largest absolute Gasteiger partial charge is 0.323 e. The van der Waals surface area contributed by atoms with E-state index in [9.17, 15) is 9.59 Å². The Morgan fingerprint density at radius 1 is 1.22 bits per heavy atom. The summed E-state index contributed by atoms with van der Waals surface area (Å²) in [6, 6.07) is 15.1. The van der Waals surface area contributed by atoms with Crippen molar-refractivity contribution in [2.45, 2.75) is 17.1 Å². The van der Waals surface area contributed by atoms with Gasteiger partial charge in [0.05, 0.1) is 16.6 Å². The number of anilines is 2. The lowest BCUT2D eigenvalue weighted by Crippen LogP contribution is -2.45. The summed E-state index contributed by atoms with van der Waals surface area (Å²) >= 11 is 4.97. The van der Waals surface area contributed by atoms with E-state index in [0.717, 1.165) is 15.1 Å². The molecule has 0 spiro atoms. The van der Waals surface area contributed by atoms with Gasteiger partial charge >= 0.3 is 0 Å². The number of benzene rings is 2. The first-order valence-corrected chi connectivity index (χ1v) is 8.85. The van der Waals surface area contributed by atoms with E-state index in [1.807, 2.05) is 49.4 Å². The molecule has 6 heteroatoms. The van der Waals surface area contributed by atoms with Crippen LogP contribution in [0.3, 0.4) is 0 Å². The number of rotatable bonds is 3. The number of carbonyl (C=O) groups is 2. The molecule has 0 saturated heterocycles. The van der Waals surface area contributed by atoms with Gasteiger partial charge < -0.3 is 5.32 Å². The normalized spacial score (nSPS) is 14.9. The lowest BCUT2D eigenvalue weighted by Gasteiger charge is -2.31. The Balaban J connectivity index is 1.83. The summed E-state index contributed by atoms with van der Waals surface area (Å²) in [6.45, 7) is 1.91. The number of nitrogens with zero attached hydrogens (tertiary/aromatic N) is 1. The molecule has 0 aromatic heterocycles. The molecule has 0 fully saturated rings. The zero-order chi connectivity index (χ0) is 16.4. The van der Waals surface area contributed by atoms with Crippen molar-refractivity contribution >= 4 is 50.9 Å². The Bertz CT molecular complexity index is 766. The van der Waals surface area contributed by atoms with Crippen molar-refractivity contribution in [1.82, 2.24) is 0 Å². The SMILES string of the molecule is CC(Sc1ccccc1Br)C(=O)N1CC(=O)Nc2ccccc21. The van der Waals surface area contributed by atoms with E-state index < -0.39 is 0 Å². The van der Waals surface area contributed by atoms with Crippen molar-refractivity contribution in [3.05, 3.63) is 53.0 Å². The van der Waals surface area contributed by atoms with Crippen molar-refractivity contribution in [1.29, 1.82) is 0 Å². The summed E-state index contributed by atoms with van der Waals surface area (Å²) < 4.78 is 0.960. The van der Waals surface area contributed by atoms with Gasteiger partial charge in [-0.1, -0.05) is 24.3 Å². The van der Waals surface area contributed by atoms with Crippen molar-refractivity contribution in [3.8, 4) is 0 Å². The number of carbonyl (C=O) groups excluding carboxylic acids is 2. The van der Waals surface area contributed by atoms with Crippen LogP contribution in [0.2, 0.25) is 0 Å². The van der Waals surface area contributed by atoms with Gasteiger partial charge in [-0.15, -0.1) is 11.8 Å². The fraction of sp³-hybridized carbons (Fsp3) is 0.176. The molecule has 2 aromatic carbocycles. The topological polar surface area (TPSA) is 49.4 Å². The van der Waals surface area contributed by atoms with Crippen molar-refractivity contribution in [2.75, 3.05) is 16.8 Å². The average Bonchev–Trinajstić information content (AvgIpc) is 2.55. The molecule has 1 aliphatic heterocycles. The van der Waals surface area contributed by atoms with Crippen molar-refractivity contribution in [2.24, 2.45) is 0 Å². The molecule has 0 radical (unpaired) electrons. The standard InChI is InChI=1S/C17H15BrN2O2S/c1-11(23-15-9-5-2-6-12(15)18)17(22)20-10-16(21)19-13-7-3-4-8-14(13)20/h2-9,11H,10H2,1H3,(H,19,21). The first-order chi connectivity index (χ1) is 11.1. The fourth-order valence-corrected chi connectivity index (χ4v) is 3.94. The number of hydrogen-bond acceptors (Lipinski definition) is 3. The molecule has 1 atom stereocenters. The first kappa shape index (κ1) is 16.1. The molecule has 0 bridgehead atoms. The molecule has 1 unspecified atom stereocenters. The van der Waals surface area contributed by atoms with Crippen LogP contribution < -0.4 is 10.2 Å². The molecule has 1 heterocycles. The second-order valence-electron chi connectivity index (χ2n) is 5.18. The third-order valence-corrected chi connectivity index (χ3v) is 5.64. The van der Waals surface area contributed by atoms with Crippen LogP contribution in [0.25, 0.3) is 0 Å². The predicted molar refractivity (Wildman–Crippen MR) is 96.9 cm³/mol. The van der Waals surface area contributed by atoms with Gasteiger partial charge in [0.1, 0.15) is 6.54 Å². The summed E-state index contributed by atoms with van der Waals surface area (Å²) in [5.41, 5.74) is 1.42. The van der Waals surface area contributed by atoms with Gasteiger partial charge in [-0.25, -0.2) is 0 Å². The predicted octanol–water partition coefficient (Wildman–Crippen LogP) is 3.92. The van der Waals surface area contributed by atoms with Gasteiger partial charge in [-0.3, -0.25) is 14.5 Å². The van der Waals surface area contributed by atoms with E-state index in [0.29, 0.717) is 5.69 Å².